The second kappa shape index (κ2) is 4.39. The Kier molecular flexibility index (Phi) is 2.98. The number of benzene rings is 1. The van der Waals surface area contributed by atoms with Crippen LogP contribution in [0.3, 0.4) is 0 Å². The number of anilines is 1. The molecule has 1 aromatic carbocycles. The first kappa shape index (κ1) is 14.2. The maximum Gasteiger partial charge on any atom is 0.252 e. The molecule has 2 bridgehead atoms. The maximum atomic E-state index is 11.6. The zero-order valence-electron chi connectivity index (χ0n) is 13.0. The van der Waals surface area contributed by atoms with Gasteiger partial charge in [0, 0.05) is 17.2 Å². The second-order valence-electron chi connectivity index (χ2n) is 7.34. The summed E-state index contributed by atoms with van der Waals surface area (Å²) in [5.41, 5.74) is 12.7. The van der Waals surface area contributed by atoms with Crippen LogP contribution in [0.25, 0.3) is 0 Å². The van der Waals surface area contributed by atoms with Gasteiger partial charge in [-0.3, -0.25) is 4.79 Å². The van der Waals surface area contributed by atoms with Gasteiger partial charge in [0.2, 0.25) is 0 Å². The number of carbonyl (C=O) groups is 1. The van der Waals surface area contributed by atoms with E-state index in [-0.39, 0.29) is 16.9 Å². The van der Waals surface area contributed by atoms with Gasteiger partial charge in [-0.15, -0.1) is 0 Å². The Morgan fingerprint density at radius 1 is 1.33 bits per heavy atom. The van der Waals surface area contributed by atoms with Crippen molar-refractivity contribution < 1.29 is 9.53 Å². The quantitative estimate of drug-likeness (QED) is 0.839. The Balaban J connectivity index is 1.92. The van der Waals surface area contributed by atoms with Crippen LogP contribution in [-0.4, -0.2) is 12.0 Å². The molecule has 4 heteroatoms. The van der Waals surface area contributed by atoms with Gasteiger partial charge in [-0.05, 0) is 42.7 Å². The van der Waals surface area contributed by atoms with E-state index in [0.29, 0.717) is 22.9 Å². The van der Waals surface area contributed by atoms with Crippen molar-refractivity contribution in [1.29, 1.82) is 0 Å². The van der Waals surface area contributed by atoms with Gasteiger partial charge in [0.15, 0.2) is 0 Å². The van der Waals surface area contributed by atoms with E-state index in [4.69, 9.17) is 16.2 Å². The molecule has 4 nitrogen and oxygen atoms in total. The number of hydrogen-bond acceptors (Lipinski definition) is 3. The van der Waals surface area contributed by atoms with E-state index < -0.39 is 5.91 Å². The lowest BCUT2D eigenvalue weighted by molar-refractivity contribution is 0.0296. The lowest BCUT2D eigenvalue weighted by atomic mass is 9.70. The molecule has 3 unspecified atom stereocenters. The predicted octanol–water partition coefficient (Wildman–Crippen LogP) is 2.96. The standard InChI is InChI=1S/C17H24N2O2/c1-16(2)10-6-7-17(16,3)14(8-10)21-13-9-11(18)4-5-12(13)15(19)20/h4-5,9-10,14H,6-8,18H2,1-3H3,(H2,19,20). The molecule has 2 aliphatic carbocycles. The van der Waals surface area contributed by atoms with Gasteiger partial charge < -0.3 is 16.2 Å². The predicted molar refractivity (Wildman–Crippen MR) is 83.0 cm³/mol. The molecule has 114 valence electrons. The van der Waals surface area contributed by atoms with Crippen molar-refractivity contribution in [3.8, 4) is 5.75 Å². The molecule has 0 aromatic heterocycles. The number of amides is 1. The molecule has 2 aliphatic rings. The lowest BCUT2D eigenvalue weighted by Crippen LogP contribution is -2.39. The Labute approximate surface area is 125 Å². The number of hydrogen-bond donors (Lipinski definition) is 2. The topological polar surface area (TPSA) is 78.3 Å². The molecule has 3 rings (SSSR count). The van der Waals surface area contributed by atoms with Crippen LogP contribution < -0.4 is 16.2 Å². The van der Waals surface area contributed by atoms with E-state index in [1.54, 1.807) is 18.2 Å². The molecule has 4 N–H and O–H groups in total. The van der Waals surface area contributed by atoms with E-state index in [2.05, 4.69) is 20.8 Å². The third kappa shape index (κ3) is 1.92. The Morgan fingerprint density at radius 3 is 2.57 bits per heavy atom. The van der Waals surface area contributed by atoms with E-state index in [9.17, 15) is 4.79 Å². The van der Waals surface area contributed by atoms with Crippen molar-refractivity contribution in [3.05, 3.63) is 23.8 Å². The summed E-state index contributed by atoms with van der Waals surface area (Å²) in [4.78, 5) is 11.6. The van der Waals surface area contributed by atoms with Gasteiger partial charge in [0.1, 0.15) is 11.9 Å². The summed E-state index contributed by atoms with van der Waals surface area (Å²) in [7, 11) is 0. The van der Waals surface area contributed by atoms with Crippen molar-refractivity contribution in [2.75, 3.05) is 5.73 Å². The Bertz CT molecular complexity index is 596. The van der Waals surface area contributed by atoms with Gasteiger partial charge >= 0.3 is 0 Å². The van der Waals surface area contributed by atoms with Gasteiger partial charge in [-0.1, -0.05) is 20.8 Å². The molecule has 0 radical (unpaired) electrons. The van der Waals surface area contributed by atoms with Gasteiger partial charge in [-0.2, -0.15) is 0 Å². The van der Waals surface area contributed by atoms with Crippen molar-refractivity contribution in [2.24, 2.45) is 22.5 Å². The summed E-state index contributed by atoms with van der Waals surface area (Å²) in [5, 5.41) is 0. The maximum absolute atomic E-state index is 11.6. The molecule has 2 saturated carbocycles. The first-order valence-corrected chi connectivity index (χ1v) is 7.61. The number of nitrogen functional groups attached to an aromatic ring is 1. The zero-order chi connectivity index (χ0) is 15.4. The molecule has 1 aromatic rings. The van der Waals surface area contributed by atoms with Gasteiger partial charge in [-0.25, -0.2) is 0 Å². The molecule has 0 spiro atoms. The molecule has 0 aliphatic heterocycles. The highest BCUT2D eigenvalue weighted by Crippen LogP contribution is 2.66. The molecule has 0 heterocycles. The van der Waals surface area contributed by atoms with Gasteiger partial charge in [0.05, 0.1) is 5.56 Å². The fraction of sp³-hybridized carbons (Fsp3) is 0.588. The number of nitrogens with two attached hydrogens (primary N) is 2. The minimum Gasteiger partial charge on any atom is -0.489 e. The molecule has 0 saturated heterocycles. The first-order chi connectivity index (χ1) is 9.75. The van der Waals surface area contributed by atoms with Crippen LogP contribution in [-0.2, 0) is 0 Å². The smallest absolute Gasteiger partial charge is 0.252 e. The fourth-order valence-electron chi connectivity index (χ4n) is 4.30. The van der Waals surface area contributed by atoms with Crippen molar-refractivity contribution in [2.45, 2.75) is 46.1 Å². The summed E-state index contributed by atoms with van der Waals surface area (Å²) in [6, 6.07) is 5.04. The summed E-state index contributed by atoms with van der Waals surface area (Å²) in [5.74, 6) is 0.736. The third-order valence-corrected chi connectivity index (χ3v) is 6.25. The van der Waals surface area contributed by atoms with Crippen LogP contribution in [0.15, 0.2) is 18.2 Å². The average molecular weight is 288 g/mol. The largest absolute Gasteiger partial charge is 0.489 e. The summed E-state index contributed by atoms with van der Waals surface area (Å²) < 4.78 is 6.24. The van der Waals surface area contributed by atoms with Crippen LogP contribution in [0.1, 0.15) is 50.4 Å². The van der Waals surface area contributed by atoms with Crippen molar-refractivity contribution in [3.63, 3.8) is 0 Å². The van der Waals surface area contributed by atoms with Crippen molar-refractivity contribution in [1.82, 2.24) is 0 Å². The Hall–Kier alpha value is -1.71. The number of ether oxygens (including phenoxy) is 1. The van der Waals surface area contributed by atoms with E-state index in [1.165, 1.54) is 12.8 Å². The molecular weight excluding hydrogens is 264 g/mol. The normalized spacial score (nSPS) is 33.1. The zero-order valence-corrected chi connectivity index (χ0v) is 13.0. The third-order valence-electron chi connectivity index (χ3n) is 6.25. The number of primary amides is 1. The fourth-order valence-corrected chi connectivity index (χ4v) is 4.30. The van der Waals surface area contributed by atoms with Crippen LogP contribution >= 0.6 is 0 Å². The summed E-state index contributed by atoms with van der Waals surface area (Å²) in [6.07, 6.45) is 3.59. The lowest BCUT2D eigenvalue weighted by Gasteiger charge is -2.39. The van der Waals surface area contributed by atoms with Crippen LogP contribution in [0.4, 0.5) is 5.69 Å². The van der Waals surface area contributed by atoms with E-state index >= 15 is 0 Å². The van der Waals surface area contributed by atoms with Gasteiger partial charge in [0.25, 0.3) is 5.91 Å². The second-order valence-corrected chi connectivity index (χ2v) is 7.34. The van der Waals surface area contributed by atoms with Crippen LogP contribution in [0, 0.1) is 16.7 Å². The Morgan fingerprint density at radius 2 is 2.05 bits per heavy atom. The monoisotopic (exact) mass is 288 g/mol. The van der Waals surface area contributed by atoms with E-state index in [0.717, 1.165) is 6.42 Å². The van der Waals surface area contributed by atoms with Crippen LogP contribution in [0.2, 0.25) is 0 Å². The highest BCUT2D eigenvalue weighted by Gasteiger charge is 2.62. The number of carbonyl (C=O) groups excluding carboxylic acids is 1. The van der Waals surface area contributed by atoms with E-state index in [1.807, 2.05) is 0 Å². The van der Waals surface area contributed by atoms with Crippen molar-refractivity contribution >= 4 is 11.6 Å². The number of fused-ring (bicyclic) bond motifs is 2. The number of rotatable bonds is 3. The molecule has 2 fully saturated rings. The summed E-state index contributed by atoms with van der Waals surface area (Å²) in [6.45, 7) is 6.98. The summed E-state index contributed by atoms with van der Waals surface area (Å²) >= 11 is 0. The molecular formula is C17H24N2O2. The highest BCUT2D eigenvalue weighted by molar-refractivity contribution is 5.96. The van der Waals surface area contributed by atoms with Crippen LogP contribution in [0.5, 0.6) is 5.75 Å². The average Bonchev–Trinajstić information content (AvgIpc) is 2.71. The molecule has 21 heavy (non-hydrogen) atoms. The minimum absolute atomic E-state index is 0.117. The highest BCUT2D eigenvalue weighted by atomic mass is 16.5. The molecule has 1 amide bonds. The first-order valence-electron chi connectivity index (χ1n) is 7.61. The molecule has 3 atom stereocenters. The minimum atomic E-state index is -0.474. The SMILES string of the molecule is CC1(C)C2CCC1(C)C(Oc1cc(N)ccc1C(N)=O)C2.